The molecule has 4 N–H and O–H groups in total. The number of aromatic hydroxyl groups is 1. The molecule has 0 saturated heterocycles. The quantitative estimate of drug-likeness (QED) is 0.639. The number of hydrogen-bond acceptors (Lipinski definition) is 3. The Bertz CT molecular complexity index is 277. The number of benzene rings is 1. The van der Waals surface area contributed by atoms with E-state index >= 15 is 0 Å². The molecule has 0 spiro atoms. The molecule has 0 amide bonds. The van der Waals surface area contributed by atoms with Crippen LogP contribution in [0, 0.1) is 6.92 Å². The topological polar surface area (TPSA) is 66.5 Å². The minimum Gasteiger partial charge on any atom is -0.508 e. The summed E-state index contributed by atoms with van der Waals surface area (Å²) in [6.45, 7) is 3.50. The lowest BCUT2D eigenvalue weighted by molar-refractivity contribution is 0.164. The zero-order valence-electron chi connectivity index (χ0n) is 7.86. The maximum Gasteiger partial charge on any atom is 0.116 e. The zero-order chi connectivity index (χ0) is 10.0. The molecule has 0 aromatic heterocycles. The van der Waals surface area contributed by atoms with Gasteiger partial charge < -0.3 is 15.9 Å². The Kier molecular flexibility index (Phi) is 2.90. The fourth-order valence-electron chi connectivity index (χ4n) is 1.26. The zero-order valence-corrected chi connectivity index (χ0v) is 7.86. The molecule has 1 aromatic rings. The van der Waals surface area contributed by atoms with Crippen molar-refractivity contribution in [1.29, 1.82) is 0 Å². The SMILES string of the molecule is Cc1cc(O)cc([C@H](N)[C@H](C)O)c1. The Hall–Kier alpha value is -1.06. The molecule has 0 saturated carbocycles. The molecule has 0 unspecified atom stereocenters. The van der Waals surface area contributed by atoms with Crippen LogP contribution >= 0.6 is 0 Å². The van der Waals surface area contributed by atoms with Crippen LogP contribution < -0.4 is 5.73 Å². The molecule has 0 fully saturated rings. The van der Waals surface area contributed by atoms with E-state index in [1.807, 2.05) is 13.0 Å². The molecule has 0 aliphatic heterocycles. The third kappa shape index (κ3) is 2.44. The van der Waals surface area contributed by atoms with E-state index in [4.69, 9.17) is 5.73 Å². The summed E-state index contributed by atoms with van der Waals surface area (Å²) in [6.07, 6.45) is -0.610. The van der Waals surface area contributed by atoms with Gasteiger partial charge in [-0.15, -0.1) is 0 Å². The average Bonchev–Trinajstić information content (AvgIpc) is 2.01. The number of aliphatic hydroxyl groups is 1. The molecule has 13 heavy (non-hydrogen) atoms. The number of nitrogens with two attached hydrogens (primary N) is 1. The highest BCUT2D eigenvalue weighted by molar-refractivity contribution is 5.34. The van der Waals surface area contributed by atoms with Gasteiger partial charge in [-0.1, -0.05) is 6.07 Å². The number of hydrogen-bond donors (Lipinski definition) is 3. The Morgan fingerprint density at radius 3 is 2.38 bits per heavy atom. The molecular weight excluding hydrogens is 166 g/mol. The van der Waals surface area contributed by atoms with Crippen molar-refractivity contribution in [2.24, 2.45) is 5.73 Å². The van der Waals surface area contributed by atoms with E-state index in [2.05, 4.69) is 0 Å². The highest BCUT2D eigenvalue weighted by Gasteiger charge is 2.12. The van der Waals surface area contributed by atoms with Gasteiger partial charge in [0.1, 0.15) is 5.75 Å². The lowest BCUT2D eigenvalue weighted by Crippen LogP contribution is -2.23. The second-order valence-electron chi connectivity index (χ2n) is 3.37. The van der Waals surface area contributed by atoms with E-state index in [1.54, 1.807) is 19.1 Å². The summed E-state index contributed by atoms with van der Waals surface area (Å²) in [5.74, 6) is 0.186. The highest BCUT2D eigenvalue weighted by Crippen LogP contribution is 2.21. The van der Waals surface area contributed by atoms with Crippen LogP contribution in [0.3, 0.4) is 0 Å². The highest BCUT2D eigenvalue weighted by atomic mass is 16.3. The van der Waals surface area contributed by atoms with Gasteiger partial charge in [0.25, 0.3) is 0 Å². The van der Waals surface area contributed by atoms with E-state index in [0.29, 0.717) is 0 Å². The summed E-state index contributed by atoms with van der Waals surface area (Å²) in [5.41, 5.74) is 7.41. The number of phenolic OH excluding ortho intramolecular Hbond substituents is 1. The van der Waals surface area contributed by atoms with Crippen molar-refractivity contribution in [2.45, 2.75) is 26.0 Å². The number of rotatable bonds is 2. The summed E-state index contributed by atoms with van der Waals surface area (Å²) in [7, 11) is 0. The first-order valence-corrected chi connectivity index (χ1v) is 4.25. The molecule has 0 radical (unpaired) electrons. The van der Waals surface area contributed by atoms with Crippen molar-refractivity contribution in [3.8, 4) is 5.75 Å². The molecule has 72 valence electrons. The predicted octanol–water partition coefficient (Wildman–Crippen LogP) is 1.08. The van der Waals surface area contributed by atoms with E-state index < -0.39 is 12.1 Å². The fraction of sp³-hybridized carbons (Fsp3) is 0.400. The van der Waals surface area contributed by atoms with Crippen LogP contribution in [0.2, 0.25) is 0 Å². The minimum atomic E-state index is -0.610. The number of phenols is 1. The number of aliphatic hydroxyl groups excluding tert-OH is 1. The molecule has 0 heterocycles. The Balaban J connectivity index is 3.01. The van der Waals surface area contributed by atoms with Gasteiger partial charge in [-0.25, -0.2) is 0 Å². The van der Waals surface area contributed by atoms with Crippen LogP contribution in [0.4, 0.5) is 0 Å². The van der Waals surface area contributed by atoms with E-state index in [-0.39, 0.29) is 5.75 Å². The van der Waals surface area contributed by atoms with Crippen LogP contribution in [0.1, 0.15) is 24.1 Å². The van der Waals surface area contributed by atoms with Gasteiger partial charge in [-0.3, -0.25) is 0 Å². The second-order valence-corrected chi connectivity index (χ2v) is 3.37. The van der Waals surface area contributed by atoms with Crippen molar-refractivity contribution in [3.05, 3.63) is 29.3 Å². The summed E-state index contributed by atoms with van der Waals surface area (Å²) in [4.78, 5) is 0. The minimum absolute atomic E-state index is 0.186. The van der Waals surface area contributed by atoms with Gasteiger partial charge in [0.05, 0.1) is 12.1 Å². The fourth-order valence-corrected chi connectivity index (χ4v) is 1.26. The van der Waals surface area contributed by atoms with Gasteiger partial charge in [0, 0.05) is 0 Å². The Morgan fingerprint density at radius 2 is 1.92 bits per heavy atom. The monoisotopic (exact) mass is 181 g/mol. The van der Waals surface area contributed by atoms with Crippen LogP contribution in [-0.4, -0.2) is 16.3 Å². The first-order valence-electron chi connectivity index (χ1n) is 4.25. The molecule has 3 heteroatoms. The first-order chi connectivity index (χ1) is 6.00. The van der Waals surface area contributed by atoms with E-state index in [1.165, 1.54) is 0 Å². The van der Waals surface area contributed by atoms with Crippen LogP contribution in [0.15, 0.2) is 18.2 Å². The van der Waals surface area contributed by atoms with Gasteiger partial charge in [-0.05, 0) is 37.1 Å². The van der Waals surface area contributed by atoms with Crippen molar-refractivity contribution in [2.75, 3.05) is 0 Å². The third-order valence-corrected chi connectivity index (χ3v) is 1.99. The van der Waals surface area contributed by atoms with Crippen molar-refractivity contribution < 1.29 is 10.2 Å². The van der Waals surface area contributed by atoms with Gasteiger partial charge in [0.2, 0.25) is 0 Å². The smallest absolute Gasteiger partial charge is 0.116 e. The number of aryl methyl sites for hydroxylation is 1. The van der Waals surface area contributed by atoms with Crippen molar-refractivity contribution in [1.82, 2.24) is 0 Å². The summed E-state index contributed by atoms with van der Waals surface area (Å²) >= 11 is 0. The molecule has 3 nitrogen and oxygen atoms in total. The van der Waals surface area contributed by atoms with Crippen molar-refractivity contribution >= 4 is 0 Å². The molecular formula is C10H15NO2. The lowest BCUT2D eigenvalue weighted by atomic mass is 10.0. The Labute approximate surface area is 77.8 Å². The van der Waals surface area contributed by atoms with Crippen LogP contribution in [0.25, 0.3) is 0 Å². The van der Waals surface area contributed by atoms with Crippen molar-refractivity contribution in [3.63, 3.8) is 0 Å². The third-order valence-electron chi connectivity index (χ3n) is 1.99. The van der Waals surface area contributed by atoms with Crippen LogP contribution in [0.5, 0.6) is 5.75 Å². The maximum absolute atomic E-state index is 9.29. The van der Waals surface area contributed by atoms with E-state index in [9.17, 15) is 10.2 Å². The molecule has 1 aromatic carbocycles. The van der Waals surface area contributed by atoms with Gasteiger partial charge in [0.15, 0.2) is 0 Å². The largest absolute Gasteiger partial charge is 0.508 e. The predicted molar refractivity (Wildman–Crippen MR) is 51.5 cm³/mol. The normalized spacial score (nSPS) is 15.4. The summed E-state index contributed by atoms with van der Waals surface area (Å²) < 4.78 is 0. The average molecular weight is 181 g/mol. The molecule has 2 atom stereocenters. The molecule has 0 aliphatic rings. The lowest BCUT2D eigenvalue weighted by Gasteiger charge is -2.15. The Morgan fingerprint density at radius 1 is 1.31 bits per heavy atom. The van der Waals surface area contributed by atoms with E-state index in [0.717, 1.165) is 11.1 Å². The second kappa shape index (κ2) is 3.77. The molecule has 0 aliphatic carbocycles. The summed E-state index contributed by atoms with van der Waals surface area (Å²) in [5, 5.41) is 18.5. The summed E-state index contributed by atoms with van der Waals surface area (Å²) in [6, 6.07) is 4.64. The molecule has 1 rings (SSSR count). The molecule has 0 bridgehead atoms. The standard InChI is InChI=1S/C10H15NO2/c1-6-3-8(5-9(13)4-6)10(11)7(2)12/h3-5,7,10,12-13H,11H2,1-2H3/t7-,10+/m0/s1. The first kappa shape index (κ1) is 10.0. The van der Waals surface area contributed by atoms with Crippen LogP contribution in [-0.2, 0) is 0 Å². The van der Waals surface area contributed by atoms with Gasteiger partial charge >= 0.3 is 0 Å². The van der Waals surface area contributed by atoms with Gasteiger partial charge in [-0.2, -0.15) is 0 Å². The maximum atomic E-state index is 9.29.